The van der Waals surface area contributed by atoms with E-state index < -0.39 is 0 Å². The van der Waals surface area contributed by atoms with Crippen molar-refractivity contribution in [3.63, 3.8) is 0 Å². The van der Waals surface area contributed by atoms with Crippen LogP contribution in [0.3, 0.4) is 0 Å². The number of hydrogen-bond acceptors (Lipinski definition) is 8. The third-order valence-corrected chi connectivity index (χ3v) is 5.80. The van der Waals surface area contributed by atoms with Crippen LogP contribution < -0.4 is 15.4 Å². The molecule has 0 amide bonds. The predicted octanol–water partition coefficient (Wildman–Crippen LogP) is 4.92. The van der Waals surface area contributed by atoms with E-state index in [4.69, 9.17) is 21.1 Å². The molecule has 0 saturated heterocycles. The zero-order valence-electron chi connectivity index (χ0n) is 18.5. The standard InChI is InChI=1S/C24H21ClN6O3/c1-31-19-4-3-5-20(17(19)12-29-31)34-21-7-6-15(11-18(21)25)30-23-16-10-14(24(32)33-2)8-9-26-22(16)27-13-28-23/h3-7,10-13H,8-9H2,1-2H3,(H2,26,27,28,30). The van der Waals surface area contributed by atoms with Gasteiger partial charge in [-0.25, -0.2) is 14.8 Å². The highest BCUT2D eigenvalue weighted by molar-refractivity contribution is 6.32. The van der Waals surface area contributed by atoms with E-state index in [1.807, 2.05) is 31.3 Å². The molecule has 172 valence electrons. The lowest BCUT2D eigenvalue weighted by atomic mass is 10.1. The molecule has 2 aromatic carbocycles. The first-order valence-electron chi connectivity index (χ1n) is 10.6. The molecule has 0 atom stereocenters. The van der Waals surface area contributed by atoms with Gasteiger partial charge in [0.25, 0.3) is 0 Å². The van der Waals surface area contributed by atoms with Crippen molar-refractivity contribution in [3.05, 3.63) is 65.1 Å². The number of hydrogen-bond donors (Lipinski definition) is 2. The Kier molecular flexibility index (Phi) is 5.77. The summed E-state index contributed by atoms with van der Waals surface area (Å²) >= 11 is 6.55. The smallest absolute Gasteiger partial charge is 0.333 e. The minimum Gasteiger partial charge on any atom is -0.466 e. The number of nitrogens with one attached hydrogen (secondary N) is 2. The van der Waals surface area contributed by atoms with Crippen LogP contribution in [0, 0.1) is 0 Å². The zero-order valence-corrected chi connectivity index (χ0v) is 19.3. The molecule has 0 radical (unpaired) electrons. The molecule has 0 aliphatic carbocycles. The van der Waals surface area contributed by atoms with Gasteiger partial charge < -0.3 is 20.1 Å². The Morgan fingerprint density at radius 3 is 2.91 bits per heavy atom. The van der Waals surface area contributed by atoms with Gasteiger partial charge in [0, 0.05) is 24.9 Å². The van der Waals surface area contributed by atoms with Crippen LogP contribution >= 0.6 is 11.6 Å². The molecule has 1 aliphatic rings. The van der Waals surface area contributed by atoms with Gasteiger partial charge in [-0.15, -0.1) is 0 Å². The zero-order chi connectivity index (χ0) is 23.7. The van der Waals surface area contributed by atoms with Crippen molar-refractivity contribution >= 4 is 51.9 Å². The Labute approximate surface area is 200 Å². The van der Waals surface area contributed by atoms with E-state index in [1.165, 1.54) is 13.4 Å². The third kappa shape index (κ3) is 4.13. The minimum absolute atomic E-state index is 0.377. The first-order valence-corrected chi connectivity index (χ1v) is 10.9. The van der Waals surface area contributed by atoms with Crippen LogP contribution in [-0.2, 0) is 16.6 Å². The number of ether oxygens (including phenoxy) is 2. The SMILES string of the molecule is COC(=O)C1=Cc2c(ncnc2Nc2ccc(Oc3cccc4c3cnn4C)c(Cl)c2)NCC1. The van der Waals surface area contributed by atoms with Crippen molar-refractivity contribution in [1.82, 2.24) is 19.7 Å². The van der Waals surface area contributed by atoms with E-state index >= 15 is 0 Å². The van der Waals surface area contributed by atoms with E-state index in [1.54, 1.807) is 29.1 Å². The lowest BCUT2D eigenvalue weighted by molar-refractivity contribution is -0.136. The van der Waals surface area contributed by atoms with Gasteiger partial charge in [-0.2, -0.15) is 5.10 Å². The van der Waals surface area contributed by atoms with Crippen LogP contribution in [0.25, 0.3) is 17.0 Å². The molecule has 9 nitrogen and oxygen atoms in total. The summed E-state index contributed by atoms with van der Waals surface area (Å²) in [5, 5.41) is 12.1. The summed E-state index contributed by atoms with van der Waals surface area (Å²) < 4.78 is 12.8. The summed E-state index contributed by atoms with van der Waals surface area (Å²) in [6, 6.07) is 11.1. The van der Waals surface area contributed by atoms with Crippen LogP contribution in [0.1, 0.15) is 12.0 Å². The van der Waals surface area contributed by atoms with Crippen molar-refractivity contribution in [2.24, 2.45) is 7.05 Å². The van der Waals surface area contributed by atoms with E-state index in [0.29, 0.717) is 57.9 Å². The van der Waals surface area contributed by atoms with Gasteiger partial charge in [0.2, 0.25) is 0 Å². The minimum atomic E-state index is -0.377. The van der Waals surface area contributed by atoms with Crippen molar-refractivity contribution in [2.75, 3.05) is 24.3 Å². The Morgan fingerprint density at radius 2 is 2.09 bits per heavy atom. The van der Waals surface area contributed by atoms with Crippen LogP contribution in [0.2, 0.25) is 5.02 Å². The van der Waals surface area contributed by atoms with Gasteiger partial charge in [0.1, 0.15) is 29.5 Å². The lowest BCUT2D eigenvalue weighted by Crippen LogP contribution is -2.08. The number of aromatic nitrogens is 4. The molecule has 0 bridgehead atoms. The molecular formula is C24H21ClN6O3. The Hall–Kier alpha value is -4.11. The highest BCUT2D eigenvalue weighted by Crippen LogP contribution is 2.36. The average molecular weight is 477 g/mol. The fourth-order valence-electron chi connectivity index (χ4n) is 3.78. The van der Waals surface area contributed by atoms with Gasteiger partial charge in [0.15, 0.2) is 0 Å². The number of aryl methyl sites for hydroxylation is 1. The second-order valence-electron chi connectivity index (χ2n) is 7.65. The second-order valence-corrected chi connectivity index (χ2v) is 8.06. The number of benzene rings is 2. The van der Waals surface area contributed by atoms with Gasteiger partial charge >= 0.3 is 5.97 Å². The number of halogens is 1. The number of rotatable bonds is 5. The van der Waals surface area contributed by atoms with Crippen molar-refractivity contribution in [3.8, 4) is 11.5 Å². The lowest BCUT2D eigenvalue weighted by Gasteiger charge is -2.13. The summed E-state index contributed by atoms with van der Waals surface area (Å²) in [6.45, 7) is 0.561. The normalized spacial score (nSPS) is 12.9. The molecule has 5 rings (SSSR count). The summed E-state index contributed by atoms with van der Waals surface area (Å²) in [5.74, 6) is 1.97. The number of esters is 1. The maximum absolute atomic E-state index is 12.1. The van der Waals surface area contributed by atoms with Gasteiger partial charge in [-0.05, 0) is 42.8 Å². The fraction of sp³-hybridized carbons (Fsp3) is 0.167. The first-order chi connectivity index (χ1) is 16.5. The summed E-state index contributed by atoms with van der Waals surface area (Å²) in [7, 11) is 3.25. The van der Waals surface area contributed by atoms with Crippen LogP contribution in [0.15, 0.2) is 54.5 Å². The van der Waals surface area contributed by atoms with Gasteiger partial charge in [0.05, 0.1) is 34.8 Å². The van der Waals surface area contributed by atoms with Crippen molar-refractivity contribution in [1.29, 1.82) is 0 Å². The second kappa shape index (κ2) is 9.03. The number of fused-ring (bicyclic) bond motifs is 2. The molecule has 4 aromatic rings. The van der Waals surface area contributed by atoms with E-state index in [9.17, 15) is 4.79 Å². The number of carbonyl (C=O) groups excluding carboxylic acids is 1. The first kappa shape index (κ1) is 21.7. The maximum atomic E-state index is 12.1. The van der Waals surface area contributed by atoms with E-state index in [0.717, 1.165) is 10.9 Å². The van der Waals surface area contributed by atoms with Gasteiger partial charge in [-0.3, -0.25) is 4.68 Å². The highest BCUT2D eigenvalue weighted by Gasteiger charge is 2.19. The monoisotopic (exact) mass is 476 g/mol. The third-order valence-electron chi connectivity index (χ3n) is 5.50. The Balaban J connectivity index is 1.43. The van der Waals surface area contributed by atoms with E-state index in [2.05, 4.69) is 25.7 Å². The summed E-state index contributed by atoms with van der Waals surface area (Å²) in [4.78, 5) is 20.8. The molecule has 3 heterocycles. The van der Waals surface area contributed by atoms with Crippen LogP contribution in [-0.4, -0.2) is 39.4 Å². The average Bonchev–Trinajstić information content (AvgIpc) is 3.08. The molecule has 0 unspecified atom stereocenters. The Morgan fingerprint density at radius 1 is 1.21 bits per heavy atom. The van der Waals surface area contributed by atoms with Crippen LogP contribution in [0.5, 0.6) is 11.5 Å². The molecular weight excluding hydrogens is 456 g/mol. The molecule has 2 N–H and O–H groups in total. The molecule has 1 aliphatic heterocycles. The molecule has 0 fully saturated rings. The number of anilines is 3. The quantitative estimate of drug-likeness (QED) is 0.391. The highest BCUT2D eigenvalue weighted by atomic mass is 35.5. The van der Waals surface area contributed by atoms with Crippen molar-refractivity contribution in [2.45, 2.75) is 6.42 Å². The Bertz CT molecular complexity index is 1430. The topological polar surface area (TPSA) is 103 Å². The molecule has 0 spiro atoms. The fourth-order valence-corrected chi connectivity index (χ4v) is 4.00. The van der Waals surface area contributed by atoms with Gasteiger partial charge in [-0.1, -0.05) is 17.7 Å². The number of methoxy groups -OCH3 is 1. The number of nitrogens with zero attached hydrogens (tertiary/aromatic N) is 4. The molecule has 10 heteroatoms. The largest absolute Gasteiger partial charge is 0.466 e. The maximum Gasteiger partial charge on any atom is 0.333 e. The van der Waals surface area contributed by atoms with Crippen LogP contribution in [0.4, 0.5) is 17.3 Å². The summed E-state index contributed by atoms with van der Waals surface area (Å²) in [5.41, 5.74) is 2.87. The van der Waals surface area contributed by atoms with E-state index in [-0.39, 0.29) is 5.97 Å². The predicted molar refractivity (Wildman–Crippen MR) is 131 cm³/mol. The summed E-state index contributed by atoms with van der Waals surface area (Å²) in [6.07, 6.45) is 5.49. The number of carbonyl (C=O) groups is 1. The van der Waals surface area contributed by atoms with Crippen molar-refractivity contribution < 1.29 is 14.3 Å². The molecule has 0 saturated carbocycles. The molecule has 2 aromatic heterocycles. The molecule has 34 heavy (non-hydrogen) atoms.